The molecule has 0 aliphatic heterocycles. The minimum atomic E-state index is 0.438. The number of rotatable bonds is 5. The van der Waals surface area contributed by atoms with Crippen molar-refractivity contribution < 1.29 is 0 Å². The third-order valence-electron chi connectivity index (χ3n) is 1.98. The van der Waals surface area contributed by atoms with Gasteiger partial charge in [-0.25, -0.2) is 9.97 Å². The molecule has 0 spiro atoms. The van der Waals surface area contributed by atoms with E-state index >= 15 is 0 Å². The summed E-state index contributed by atoms with van der Waals surface area (Å²) < 4.78 is 1.74. The van der Waals surface area contributed by atoms with Crippen LogP contribution in [0.3, 0.4) is 0 Å². The van der Waals surface area contributed by atoms with E-state index in [9.17, 15) is 0 Å². The standard InChI is InChI=1S/C9H11ClN6S/c1-17-9-13-7(10)6-8(14-9)11-2-4-16-5-3-12-15-16/h3,5-6H,2,4H2,1H3,(H,11,13,14). The fourth-order valence-corrected chi connectivity index (χ4v) is 1.84. The Labute approximate surface area is 108 Å². The van der Waals surface area contributed by atoms with Crippen molar-refractivity contribution in [1.29, 1.82) is 0 Å². The van der Waals surface area contributed by atoms with Crippen molar-refractivity contribution in [3.63, 3.8) is 0 Å². The molecule has 90 valence electrons. The van der Waals surface area contributed by atoms with E-state index in [2.05, 4.69) is 25.6 Å². The SMILES string of the molecule is CSc1nc(Cl)cc(NCCn2ccnn2)n1. The topological polar surface area (TPSA) is 68.5 Å². The molecule has 0 aromatic carbocycles. The van der Waals surface area contributed by atoms with Crippen molar-refractivity contribution in [2.24, 2.45) is 0 Å². The van der Waals surface area contributed by atoms with Crippen molar-refractivity contribution in [2.45, 2.75) is 11.7 Å². The number of anilines is 1. The Hall–Kier alpha value is -1.34. The molecule has 1 N–H and O–H groups in total. The molecule has 2 rings (SSSR count). The monoisotopic (exact) mass is 270 g/mol. The maximum atomic E-state index is 5.88. The van der Waals surface area contributed by atoms with Crippen LogP contribution in [0.4, 0.5) is 5.82 Å². The van der Waals surface area contributed by atoms with E-state index in [1.54, 1.807) is 16.9 Å². The first-order chi connectivity index (χ1) is 8.28. The first kappa shape index (κ1) is 12.1. The van der Waals surface area contributed by atoms with Gasteiger partial charge in [0.2, 0.25) is 0 Å². The number of nitrogens with one attached hydrogen (secondary N) is 1. The zero-order valence-corrected chi connectivity index (χ0v) is 10.7. The third kappa shape index (κ3) is 3.57. The molecule has 2 aromatic rings. The molecule has 0 bridgehead atoms. The lowest BCUT2D eigenvalue weighted by molar-refractivity contribution is 0.608. The molecule has 17 heavy (non-hydrogen) atoms. The Morgan fingerprint density at radius 3 is 3.06 bits per heavy atom. The van der Waals surface area contributed by atoms with E-state index in [0.717, 1.165) is 12.4 Å². The van der Waals surface area contributed by atoms with Gasteiger partial charge in [0.05, 0.1) is 12.7 Å². The molecule has 0 amide bonds. The summed E-state index contributed by atoms with van der Waals surface area (Å²) in [6.45, 7) is 1.42. The van der Waals surface area contributed by atoms with Crippen LogP contribution in [-0.4, -0.2) is 37.8 Å². The van der Waals surface area contributed by atoms with Crippen LogP contribution in [0.2, 0.25) is 5.15 Å². The van der Waals surface area contributed by atoms with Gasteiger partial charge in [-0.2, -0.15) is 0 Å². The van der Waals surface area contributed by atoms with E-state index in [1.807, 2.05) is 12.5 Å². The summed E-state index contributed by atoms with van der Waals surface area (Å²) in [5.41, 5.74) is 0. The molecule has 2 heterocycles. The summed E-state index contributed by atoms with van der Waals surface area (Å²) in [4.78, 5) is 8.34. The van der Waals surface area contributed by atoms with E-state index in [4.69, 9.17) is 11.6 Å². The molecule has 0 fully saturated rings. The van der Waals surface area contributed by atoms with Gasteiger partial charge in [-0.1, -0.05) is 28.6 Å². The number of thioether (sulfide) groups is 1. The number of aromatic nitrogens is 5. The normalized spacial score (nSPS) is 10.5. The van der Waals surface area contributed by atoms with Gasteiger partial charge in [-0.15, -0.1) is 5.10 Å². The Bertz CT molecular complexity index is 474. The maximum absolute atomic E-state index is 5.88. The van der Waals surface area contributed by atoms with Crippen LogP contribution >= 0.6 is 23.4 Å². The van der Waals surface area contributed by atoms with Crippen molar-refractivity contribution in [3.8, 4) is 0 Å². The Kier molecular flexibility index (Phi) is 4.16. The van der Waals surface area contributed by atoms with Gasteiger partial charge in [-0.3, -0.25) is 4.68 Å². The quantitative estimate of drug-likeness (QED) is 0.505. The fourth-order valence-electron chi connectivity index (χ4n) is 1.23. The summed E-state index contributed by atoms with van der Waals surface area (Å²) in [6.07, 6.45) is 5.36. The van der Waals surface area contributed by atoms with Gasteiger partial charge in [0, 0.05) is 18.8 Å². The average molecular weight is 271 g/mol. The highest BCUT2D eigenvalue weighted by Crippen LogP contribution is 2.16. The van der Waals surface area contributed by atoms with Crippen LogP contribution < -0.4 is 5.32 Å². The smallest absolute Gasteiger partial charge is 0.190 e. The molecule has 0 saturated heterocycles. The molecular weight excluding hydrogens is 260 g/mol. The van der Waals surface area contributed by atoms with Crippen molar-refractivity contribution in [3.05, 3.63) is 23.6 Å². The van der Waals surface area contributed by atoms with Crippen LogP contribution in [0.25, 0.3) is 0 Å². The Morgan fingerprint density at radius 1 is 1.47 bits per heavy atom. The van der Waals surface area contributed by atoms with E-state index in [0.29, 0.717) is 16.9 Å². The zero-order valence-electron chi connectivity index (χ0n) is 9.17. The molecule has 0 unspecified atom stereocenters. The summed E-state index contributed by atoms with van der Waals surface area (Å²) in [7, 11) is 0. The largest absolute Gasteiger partial charge is 0.368 e. The van der Waals surface area contributed by atoms with Crippen LogP contribution in [0.5, 0.6) is 0 Å². The van der Waals surface area contributed by atoms with Gasteiger partial charge in [-0.05, 0) is 6.26 Å². The van der Waals surface area contributed by atoms with Gasteiger partial charge >= 0.3 is 0 Å². The molecule has 8 heteroatoms. The van der Waals surface area contributed by atoms with Gasteiger partial charge in [0.25, 0.3) is 0 Å². The second kappa shape index (κ2) is 5.83. The minimum Gasteiger partial charge on any atom is -0.368 e. The molecule has 0 atom stereocenters. The van der Waals surface area contributed by atoms with Crippen molar-refractivity contribution >= 4 is 29.2 Å². The molecule has 0 aliphatic carbocycles. The minimum absolute atomic E-state index is 0.438. The molecule has 0 radical (unpaired) electrons. The third-order valence-corrected chi connectivity index (χ3v) is 2.72. The second-order valence-corrected chi connectivity index (χ2v) is 4.32. The average Bonchev–Trinajstić information content (AvgIpc) is 2.81. The maximum Gasteiger partial charge on any atom is 0.190 e. The number of hydrogen-bond donors (Lipinski definition) is 1. The Balaban J connectivity index is 1.92. The van der Waals surface area contributed by atoms with Gasteiger partial charge < -0.3 is 5.32 Å². The lowest BCUT2D eigenvalue weighted by Gasteiger charge is -2.06. The molecule has 0 saturated carbocycles. The highest BCUT2D eigenvalue weighted by atomic mass is 35.5. The van der Waals surface area contributed by atoms with Crippen molar-refractivity contribution in [2.75, 3.05) is 18.1 Å². The van der Waals surface area contributed by atoms with Crippen LogP contribution in [0.1, 0.15) is 0 Å². The van der Waals surface area contributed by atoms with Gasteiger partial charge in [0.15, 0.2) is 5.16 Å². The van der Waals surface area contributed by atoms with E-state index in [-0.39, 0.29) is 0 Å². The summed E-state index contributed by atoms with van der Waals surface area (Å²) >= 11 is 7.33. The van der Waals surface area contributed by atoms with Crippen molar-refractivity contribution in [1.82, 2.24) is 25.0 Å². The lowest BCUT2D eigenvalue weighted by Crippen LogP contribution is -2.12. The van der Waals surface area contributed by atoms with E-state index in [1.165, 1.54) is 11.8 Å². The van der Waals surface area contributed by atoms with Crippen LogP contribution in [-0.2, 0) is 6.54 Å². The van der Waals surface area contributed by atoms with Gasteiger partial charge in [0.1, 0.15) is 11.0 Å². The van der Waals surface area contributed by atoms with Crippen LogP contribution in [0, 0.1) is 0 Å². The fraction of sp³-hybridized carbons (Fsp3) is 0.333. The van der Waals surface area contributed by atoms with Crippen LogP contribution in [0.15, 0.2) is 23.6 Å². The molecule has 0 aliphatic rings. The molecular formula is C9H11ClN6S. The summed E-state index contributed by atoms with van der Waals surface area (Å²) in [5, 5.41) is 11.8. The zero-order chi connectivity index (χ0) is 12.1. The second-order valence-electron chi connectivity index (χ2n) is 3.16. The first-order valence-corrected chi connectivity index (χ1v) is 6.55. The highest BCUT2D eigenvalue weighted by Gasteiger charge is 2.01. The number of hydrogen-bond acceptors (Lipinski definition) is 6. The van der Waals surface area contributed by atoms with E-state index < -0.39 is 0 Å². The molecule has 2 aromatic heterocycles. The number of halogens is 1. The number of nitrogens with zero attached hydrogens (tertiary/aromatic N) is 5. The highest BCUT2D eigenvalue weighted by molar-refractivity contribution is 7.98. The summed E-state index contributed by atoms with van der Waals surface area (Å²) in [6, 6.07) is 1.70. The predicted molar refractivity (Wildman–Crippen MR) is 67.3 cm³/mol. The lowest BCUT2D eigenvalue weighted by atomic mass is 10.5. The summed E-state index contributed by atoms with van der Waals surface area (Å²) in [5.74, 6) is 0.717. The first-order valence-electron chi connectivity index (χ1n) is 4.94. The Morgan fingerprint density at radius 2 is 2.35 bits per heavy atom. The predicted octanol–water partition coefficient (Wildman–Crippen LogP) is 1.56. The molecule has 6 nitrogen and oxygen atoms in total.